The highest BCUT2D eigenvalue weighted by atomic mass is 79.9. The van der Waals surface area contributed by atoms with Gasteiger partial charge >= 0.3 is 0 Å². The van der Waals surface area contributed by atoms with E-state index in [1.807, 2.05) is 23.9 Å². The molecule has 4 heteroatoms. The first-order chi connectivity index (χ1) is 7.31. The Labute approximate surface area is 102 Å². The van der Waals surface area contributed by atoms with Gasteiger partial charge in [-0.15, -0.1) is 0 Å². The van der Waals surface area contributed by atoms with E-state index in [4.69, 9.17) is 0 Å². The first-order valence-electron chi connectivity index (χ1n) is 4.98. The van der Waals surface area contributed by atoms with Crippen molar-refractivity contribution in [1.82, 2.24) is 0 Å². The van der Waals surface area contributed by atoms with Gasteiger partial charge in [-0.25, -0.2) is 4.39 Å². The minimum Gasteiger partial charge on any atom is -0.368 e. The lowest BCUT2D eigenvalue weighted by Gasteiger charge is -2.28. The second-order valence-electron chi connectivity index (χ2n) is 3.52. The highest BCUT2D eigenvalue weighted by Crippen LogP contribution is 2.24. The predicted octanol–water partition coefficient (Wildman–Crippen LogP) is 3.27. The summed E-state index contributed by atoms with van der Waals surface area (Å²) in [6, 6.07) is 5.49. The molecule has 0 bridgehead atoms. The number of anilines is 1. The molecule has 0 unspecified atom stereocenters. The minimum absolute atomic E-state index is 0.0983. The summed E-state index contributed by atoms with van der Waals surface area (Å²) >= 11 is 5.26. The fourth-order valence-corrected chi connectivity index (χ4v) is 2.95. The van der Waals surface area contributed by atoms with Crippen LogP contribution in [0.1, 0.15) is 5.56 Å². The van der Waals surface area contributed by atoms with Crippen LogP contribution in [-0.4, -0.2) is 24.6 Å². The first kappa shape index (κ1) is 11.3. The zero-order valence-corrected chi connectivity index (χ0v) is 10.8. The van der Waals surface area contributed by atoms with Crippen LogP contribution in [0.4, 0.5) is 10.1 Å². The smallest absolute Gasteiger partial charge is 0.146 e. The van der Waals surface area contributed by atoms with Gasteiger partial charge in [0, 0.05) is 29.9 Å². The molecule has 0 radical (unpaired) electrons. The molecule has 15 heavy (non-hydrogen) atoms. The minimum atomic E-state index is -0.0983. The number of halogens is 2. The van der Waals surface area contributed by atoms with E-state index in [1.165, 1.54) is 0 Å². The molecule has 1 nitrogen and oxygen atoms in total. The normalized spacial score (nSPS) is 16.8. The number of thioether (sulfide) groups is 1. The van der Waals surface area contributed by atoms with Crippen LogP contribution in [0.5, 0.6) is 0 Å². The molecule has 0 spiro atoms. The molecule has 0 aromatic heterocycles. The lowest BCUT2D eigenvalue weighted by Crippen LogP contribution is -2.33. The molecule has 1 heterocycles. The lowest BCUT2D eigenvalue weighted by atomic mass is 10.2. The SMILES string of the molecule is Fc1cc(CBr)ccc1N1CCSCC1. The Bertz CT molecular complexity index is 339. The summed E-state index contributed by atoms with van der Waals surface area (Å²) < 4.78 is 13.8. The van der Waals surface area contributed by atoms with Crippen LogP contribution in [0.2, 0.25) is 0 Å². The fourth-order valence-electron chi connectivity index (χ4n) is 1.69. The van der Waals surface area contributed by atoms with E-state index in [2.05, 4.69) is 20.8 Å². The van der Waals surface area contributed by atoms with Gasteiger partial charge in [-0.05, 0) is 17.7 Å². The number of hydrogen-bond donors (Lipinski definition) is 0. The lowest BCUT2D eigenvalue weighted by molar-refractivity contribution is 0.618. The van der Waals surface area contributed by atoms with Crippen molar-refractivity contribution in [2.24, 2.45) is 0 Å². The van der Waals surface area contributed by atoms with Crippen molar-refractivity contribution in [3.05, 3.63) is 29.6 Å². The Kier molecular flexibility index (Phi) is 3.92. The first-order valence-corrected chi connectivity index (χ1v) is 7.26. The molecule has 1 aliphatic heterocycles. The summed E-state index contributed by atoms with van der Waals surface area (Å²) in [7, 11) is 0. The molecular weight excluding hydrogens is 277 g/mol. The van der Waals surface area contributed by atoms with Gasteiger partial charge < -0.3 is 4.90 Å². The Morgan fingerprint density at radius 2 is 2.07 bits per heavy atom. The van der Waals surface area contributed by atoms with Crippen molar-refractivity contribution in [3.8, 4) is 0 Å². The third-order valence-electron chi connectivity index (χ3n) is 2.52. The highest BCUT2D eigenvalue weighted by molar-refractivity contribution is 9.08. The van der Waals surface area contributed by atoms with Crippen LogP contribution in [0.15, 0.2) is 18.2 Å². The van der Waals surface area contributed by atoms with Crippen molar-refractivity contribution < 1.29 is 4.39 Å². The monoisotopic (exact) mass is 289 g/mol. The van der Waals surface area contributed by atoms with Gasteiger partial charge in [0.25, 0.3) is 0 Å². The van der Waals surface area contributed by atoms with E-state index in [1.54, 1.807) is 6.07 Å². The Morgan fingerprint density at radius 1 is 1.33 bits per heavy atom. The second-order valence-corrected chi connectivity index (χ2v) is 5.30. The molecule has 1 fully saturated rings. The summed E-state index contributed by atoms with van der Waals surface area (Å²) in [5, 5.41) is 0.708. The molecule has 2 rings (SSSR count). The topological polar surface area (TPSA) is 3.24 Å². The number of hydrogen-bond acceptors (Lipinski definition) is 2. The third kappa shape index (κ3) is 2.67. The summed E-state index contributed by atoms with van der Waals surface area (Å²) in [6.45, 7) is 1.91. The van der Waals surface area contributed by atoms with Crippen molar-refractivity contribution in [1.29, 1.82) is 0 Å². The summed E-state index contributed by atoms with van der Waals surface area (Å²) in [4.78, 5) is 2.13. The molecule has 0 atom stereocenters. The molecule has 82 valence electrons. The van der Waals surface area contributed by atoms with Crippen LogP contribution < -0.4 is 4.90 Å². The average Bonchev–Trinajstić information content (AvgIpc) is 2.30. The molecule has 1 aliphatic rings. The molecule has 1 saturated heterocycles. The van der Waals surface area contributed by atoms with Crippen LogP contribution in [0.25, 0.3) is 0 Å². The zero-order chi connectivity index (χ0) is 10.7. The number of nitrogens with zero attached hydrogens (tertiary/aromatic N) is 1. The zero-order valence-electron chi connectivity index (χ0n) is 8.38. The highest BCUT2D eigenvalue weighted by Gasteiger charge is 2.14. The summed E-state index contributed by atoms with van der Waals surface area (Å²) in [5.41, 5.74) is 1.74. The van der Waals surface area contributed by atoms with E-state index < -0.39 is 0 Å². The van der Waals surface area contributed by atoms with Gasteiger partial charge in [0.05, 0.1) is 5.69 Å². The standard InChI is InChI=1S/C11H13BrFNS/c12-8-9-1-2-11(10(13)7-9)14-3-5-15-6-4-14/h1-2,7H,3-6,8H2. The predicted molar refractivity (Wildman–Crippen MR) is 68.6 cm³/mol. The average molecular weight is 290 g/mol. The quantitative estimate of drug-likeness (QED) is 0.769. The van der Waals surface area contributed by atoms with Crippen molar-refractivity contribution in [2.75, 3.05) is 29.5 Å². The van der Waals surface area contributed by atoms with Gasteiger partial charge in [0.1, 0.15) is 5.82 Å². The second kappa shape index (κ2) is 5.21. The Hall–Kier alpha value is -0.220. The van der Waals surface area contributed by atoms with Crippen molar-refractivity contribution in [2.45, 2.75) is 5.33 Å². The van der Waals surface area contributed by atoms with Crippen molar-refractivity contribution in [3.63, 3.8) is 0 Å². The Balaban J connectivity index is 2.19. The maximum absolute atomic E-state index is 13.8. The van der Waals surface area contributed by atoms with Crippen LogP contribution in [0.3, 0.4) is 0 Å². The van der Waals surface area contributed by atoms with E-state index in [9.17, 15) is 4.39 Å². The van der Waals surface area contributed by atoms with Gasteiger partial charge in [-0.1, -0.05) is 22.0 Å². The molecule has 0 aliphatic carbocycles. The van der Waals surface area contributed by atoms with Crippen molar-refractivity contribution >= 4 is 33.4 Å². The number of alkyl halides is 1. The molecule has 0 N–H and O–H groups in total. The Morgan fingerprint density at radius 3 is 2.67 bits per heavy atom. The van der Waals surface area contributed by atoms with E-state index >= 15 is 0 Å². The molecule has 1 aromatic carbocycles. The third-order valence-corrected chi connectivity index (χ3v) is 4.11. The van der Waals surface area contributed by atoms with Gasteiger partial charge in [-0.3, -0.25) is 0 Å². The summed E-state index contributed by atoms with van der Waals surface area (Å²) in [5.74, 6) is 2.10. The van der Waals surface area contributed by atoms with Gasteiger partial charge in [0.2, 0.25) is 0 Å². The number of rotatable bonds is 2. The summed E-state index contributed by atoms with van der Waals surface area (Å²) in [6.07, 6.45) is 0. The maximum atomic E-state index is 13.8. The fraction of sp³-hybridized carbons (Fsp3) is 0.455. The molecule has 1 aromatic rings. The van der Waals surface area contributed by atoms with Crippen LogP contribution in [-0.2, 0) is 5.33 Å². The molecule has 0 saturated carbocycles. The largest absolute Gasteiger partial charge is 0.368 e. The van der Waals surface area contributed by atoms with Crippen LogP contribution in [0, 0.1) is 5.82 Å². The van der Waals surface area contributed by atoms with Gasteiger partial charge in [0.15, 0.2) is 0 Å². The van der Waals surface area contributed by atoms with E-state index in [0.29, 0.717) is 5.33 Å². The van der Waals surface area contributed by atoms with E-state index in [0.717, 1.165) is 35.8 Å². The molecular formula is C11H13BrFNS. The number of benzene rings is 1. The van der Waals surface area contributed by atoms with Crippen LogP contribution >= 0.6 is 27.7 Å². The van der Waals surface area contributed by atoms with Gasteiger partial charge in [-0.2, -0.15) is 11.8 Å². The van der Waals surface area contributed by atoms with E-state index in [-0.39, 0.29) is 5.82 Å². The maximum Gasteiger partial charge on any atom is 0.146 e. The molecule has 0 amide bonds.